The highest BCUT2D eigenvalue weighted by Crippen LogP contribution is 2.23. The molecule has 1 saturated heterocycles. The summed E-state index contributed by atoms with van der Waals surface area (Å²) in [4.78, 5) is 12.3. The van der Waals surface area contributed by atoms with Crippen molar-refractivity contribution in [3.8, 4) is 5.75 Å². The Labute approximate surface area is 164 Å². The number of anilines is 1. The number of hydrogen-bond acceptors (Lipinski definition) is 4. The van der Waals surface area contributed by atoms with Gasteiger partial charge in [0, 0.05) is 18.8 Å². The number of benzene rings is 2. The van der Waals surface area contributed by atoms with Gasteiger partial charge in [-0.1, -0.05) is 24.6 Å². The van der Waals surface area contributed by atoms with Gasteiger partial charge in [0.25, 0.3) is 0 Å². The van der Waals surface area contributed by atoms with Crippen molar-refractivity contribution in [2.75, 3.05) is 25.0 Å². The Hall–Kier alpha value is -2.45. The van der Waals surface area contributed by atoms with Gasteiger partial charge in [-0.05, 0) is 43.2 Å². The van der Waals surface area contributed by atoms with Gasteiger partial charge in [-0.3, -0.25) is 4.79 Å². The number of rotatable bonds is 7. The molecule has 8 heteroatoms. The first-order valence-corrected chi connectivity index (χ1v) is 10.7. The second-order valence-corrected chi connectivity index (χ2v) is 8.51. The van der Waals surface area contributed by atoms with E-state index in [1.165, 1.54) is 28.6 Å². The van der Waals surface area contributed by atoms with Crippen molar-refractivity contribution >= 4 is 21.6 Å². The molecule has 150 valence electrons. The van der Waals surface area contributed by atoms with Gasteiger partial charge in [0.15, 0.2) is 11.6 Å². The van der Waals surface area contributed by atoms with Gasteiger partial charge in [-0.2, -0.15) is 4.31 Å². The van der Waals surface area contributed by atoms with Crippen LogP contribution in [0.25, 0.3) is 0 Å². The third kappa shape index (κ3) is 5.08. The highest BCUT2D eigenvalue weighted by atomic mass is 32.2. The number of ether oxygens (including phenoxy) is 1. The molecule has 1 amide bonds. The molecule has 1 fully saturated rings. The van der Waals surface area contributed by atoms with Crippen LogP contribution in [-0.2, 0) is 14.8 Å². The van der Waals surface area contributed by atoms with Crippen LogP contribution in [0.3, 0.4) is 0 Å². The topological polar surface area (TPSA) is 75.7 Å². The summed E-state index contributed by atoms with van der Waals surface area (Å²) >= 11 is 0. The lowest BCUT2D eigenvalue weighted by atomic mass is 10.2. The monoisotopic (exact) mass is 406 g/mol. The van der Waals surface area contributed by atoms with Crippen LogP contribution >= 0.6 is 0 Å². The molecule has 0 atom stereocenters. The maximum Gasteiger partial charge on any atom is 0.243 e. The van der Waals surface area contributed by atoms with Crippen LogP contribution in [0.15, 0.2) is 53.4 Å². The second-order valence-electron chi connectivity index (χ2n) is 6.57. The van der Waals surface area contributed by atoms with Gasteiger partial charge >= 0.3 is 0 Å². The van der Waals surface area contributed by atoms with E-state index in [9.17, 15) is 17.6 Å². The van der Waals surface area contributed by atoms with Crippen LogP contribution in [0, 0.1) is 5.82 Å². The summed E-state index contributed by atoms with van der Waals surface area (Å²) in [5.74, 6) is -0.743. The third-order valence-corrected chi connectivity index (χ3v) is 6.39. The molecule has 28 heavy (non-hydrogen) atoms. The predicted molar refractivity (Wildman–Crippen MR) is 104 cm³/mol. The fraction of sp³-hybridized carbons (Fsp3) is 0.350. The molecule has 3 rings (SSSR count). The predicted octanol–water partition coefficient (Wildman–Crippen LogP) is 3.41. The van der Waals surface area contributed by atoms with E-state index >= 15 is 0 Å². The minimum absolute atomic E-state index is 0.0113. The minimum atomic E-state index is -3.56. The van der Waals surface area contributed by atoms with Crippen molar-refractivity contribution < 1.29 is 22.3 Å². The van der Waals surface area contributed by atoms with Crippen LogP contribution in [0.4, 0.5) is 10.1 Å². The number of halogens is 1. The Morgan fingerprint density at radius 1 is 1.07 bits per heavy atom. The zero-order chi connectivity index (χ0) is 20.0. The van der Waals surface area contributed by atoms with Crippen molar-refractivity contribution in [1.82, 2.24) is 4.31 Å². The lowest BCUT2D eigenvalue weighted by Gasteiger charge is -2.26. The van der Waals surface area contributed by atoms with E-state index in [4.69, 9.17) is 4.74 Å². The standard InChI is InChI=1S/C20H23FN2O4S/c21-18-9-2-3-10-19(18)27-14-11-20(24)22-16-7-6-8-17(15-16)28(25,26)23-12-4-1-5-13-23/h2-3,6-10,15H,1,4-5,11-14H2,(H,22,24). The lowest BCUT2D eigenvalue weighted by Crippen LogP contribution is -2.35. The van der Waals surface area contributed by atoms with E-state index in [1.54, 1.807) is 24.3 Å². The quantitative estimate of drug-likeness (QED) is 0.765. The average molecular weight is 406 g/mol. The van der Waals surface area contributed by atoms with Gasteiger partial charge < -0.3 is 10.1 Å². The largest absolute Gasteiger partial charge is 0.490 e. The van der Waals surface area contributed by atoms with Crippen molar-refractivity contribution in [3.05, 3.63) is 54.3 Å². The van der Waals surface area contributed by atoms with Crippen LogP contribution in [0.1, 0.15) is 25.7 Å². The zero-order valence-corrected chi connectivity index (χ0v) is 16.3. The molecule has 0 radical (unpaired) electrons. The Balaban J connectivity index is 1.58. The van der Waals surface area contributed by atoms with Gasteiger partial charge in [0.05, 0.1) is 17.9 Å². The molecule has 2 aromatic carbocycles. The molecule has 0 bridgehead atoms. The van der Waals surface area contributed by atoms with Gasteiger partial charge in [0.1, 0.15) is 0 Å². The molecule has 0 spiro atoms. The minimum Gasteiger partial charge on any atom is -0.490 e. The SMILES string of the molecule is O=C(CCOc1ccccc1F)Nc1cccc(S(=O)(=O)N2CCCCC2)c1. The molecule has 1 N–H and O–H groups in total. The molecule has 1 heterocycles. The molecule has 0 aromatic heterocycles. The normalized spacial score (nSPS) is 15.2. The molecular weight excluding hydrogens is 383 g/mol. The van der Waals surface area contributed by atoms with Crippen molar-refractivity contribution in [3.63, 3.8) is 0 Å². The van der Waals surface area contributed by atoms with E-state index in [1.807, 2.05) is 0 Å². The fourth-order valence-electron chi connectivity index (χ4n) is 3.03. The van der Waals surface area contributed by atoms with Crippen LogP contribution < -0.4 is 10.1 Å². The first-order valence-electron chi connectivity index (χ1n) is 9.24. The van der Waals surface area contributed by atoms with E-state index in [-0.39, 0.29) is 29.6 Å². The maximum atomic E-state index is 13.5. The number of sulfonamides is 1. The Morgan fingerprint density at radius 2 is 1.82 bits per heavy atom. The summed E-state index contributed by atoms with van der Waals surface area (Å²) in [7, 11) is -3.56. The zero-order valence-electron chi connectivity index (χ0n) is 15.4. The average Bonchev–Trinajstić information content (AvgIpc) is 2.70. The summed E-state index contributed by atoms with van der Waals surface area (Å²) in [5.41, 5.74) is 0.397. The van der Waals surface area contributed by atoms with Crippen molar-refractivity contribution in [2.45, 2.75) is 30.6 Å². The van der Waals surface area contributed by atoms with Gasteiger partial charge in [0.2, 0.25) is 15.9 Å². The lowest BCUT2D eigenvalue weighted by molar-refractivity contribution is -0.116. The molecular formula is C20H23FN2O4S. The number of amides is 1. The van der Waals surface area contributed by atoms with E-state index in [0.29, 0.717) is 18.8 Å². The third-order valence-electron chi connectivity index (χ3n) is 4.49. The second kappa shape index (κ2) is 9.16. The molecule has 0 unspecified atom stereocenters. The summed E-state index contributed by atoms with van der Waals surface area (Å²) in [5, 5.41) is 2.66. The number of piperidine rings is 1. The Morgan fingerprint density at radius 3 is 2.57 bits per heavy atom. The highest BCUT2D eigenvalue weighted by molar-refractivity contribution is 7.89. The molecule has 1 aliphatic rings. The van der Waals surface area contributed by atoms with Crippen molar-refractivity contribution in [1.29, 1.82) is 0 Å². The maximum absolute atomic E-state index is 13.5. The first-order chi connectivity index (χ1) is 13.5. The fourth-order valence-corrected chi connectivity index (χ4v) is 4.59. The summed E-state index contributed by atoms with van der Waals surface area (Å²) < 4.78 is 45.7. The highest BCUT2D eigenvalue weighted by Gasteiger charge is 2.26. The summed E-state index contributed by atoms with van der Waals surface area (Å²) in [6.07, 6.45) is 2.77. The van der Waals surface area contributed by atoms with E-state index in [0.717, 1.165) is 19.3 Å². The smallest absolute Gasteiger partial charge is 0.243 e. The first kappa shape index (κ1) is 20.3. The summed E-state index contributed by atoms with van der Waals surface area (Å²) in [6, 6.07) is 12.2. The van der Waals surface area contributed by atoms with Crippen LogP contribution in [0.2, 0.25) is 0 Å². The number of nitrogens with zero attached hydrogens (tertiary/aromatic N) is 1. The molecule has 1 aliphatic heterocycles. The number of carbonyl (C=O) groups excluding carboxylic acids is 1. The van der Waals surface area contributed by atoms with Crippen molar-refractivity contribution in [2.24, 2.45) is 0 Å². The van der Waals surface area contributed by atoms with Crippen LogP contribution in [0.5, 0.6) is 5.75 Å². The van der Waals surface area contributed by atoms with E-state index in [2.05, 4.69) is 5.32 Å². The summed E-state index contributed by atoms with van der Waals surface area (Å²) in [6.45, 7) is 1.05. The Bertz CT molecular complexity index is 927. The van der Waals surface area contributed by atoms with E-state index < -0.39 is 15.8 Å². The number of hydrogen-bond donors (Lipinski definition) is 1. The van der Waals surface area contributed by atoms with Gasteiger partial charge in [-0.15, -0.1) is 0 Å². The number of para-hydroxylation sites is 1. The molecule has 0 saturated carbocycles. The van der Waals surface area contributed by atoms with Gasteiger partial charge in [-0.25, -0.2) is 12.8 Å². The molecule has 0 aliphatic carbocycles. The number of nitrogens with one attached hydrogen (secondary N) is 1. The van der Waals surface area contributed by atoms with Crippen LogP contribution in [-0.4, -0.2) is 38.3 Å². The number of carbonyl (C=O) groups is 1. The Kier molecular flexibility index (Phi) is 6.64. The molecule has 2 aromatic rings. The molecule has 6 nitrogen and oxygen atoms in total.